The molecule has 0 aliphatic carbocycles. The van der Waals surface area contributed by atoms with Crippen LogP contribution in [0, 0.1) is 42.4 Å². The maximum atomic E-state index is 16.7. The Balaban J connectivity index is 0.000000254. The molecule has 2 saturated heterocycles. The molecule has 59 heavy (non-hydrogen) atoms. The van der Waals surface area contributed by atoms with E-state index in [9.17, 15) is 29.0 Å². The minimum Gasteiger partial charge on any atom is -0.459 e. The Kier molecular flexibility index (Phi) is 12.1. The lowest BCUT2D eigenvalue weighted by Crippen LogP contribution is -2.55. The van der Waals surface area contributed by atoms with E-state index in [1.807, 2.05) is 5.92 Å². The quantitative estimate of drug-likeness (QED) is 0.0814. The Bertz CT molecular complexity index is 2330. The van der Waals surface area contributed by atoms with E-state index in [-0.39, 0.29) is 34.0 Å². The highest BCUT2D eigenvalue weighted by Gasteiger charge is 2.71. The van der Waals surface area contributed by atoms with Crippen LogP contribution in [0.5, 0.6) is 0 Å². The van der Waals surface area contributed by atoms with Crippen molar-refractivity contribution < 1.29 is 62.2 Å². The molecular formula is C36H42F2N10O11. The predicted molar refractivity (Wildman–Crippen MR) is 197 cm³/mol. The number of ether oxygens (including phenoxy) is 5. The summed E-state index contributed by atoms with van der Waals surface area (Å²) in [6, 6.07) is 0. The largest absolute Gasteiger partial charge is 0.459 e. The Labute approximate surface area is 334 Å². The molecule has 2 fully saturated rings. The van der Waals surface area contributed by atoms with Crippen LogP contribution in [0.2, 0.25) is 0 Å². The first-order chi connectivity index (χ1) is 27.6. The lowest BCUT2D eigenvalue weighted by atomic mass is 9.92. The minimum absolute atomic E-state index is 0.0207. The molecule has 8 atom stereocenters. The van der Waals surface area contributed by atoms with Crippen molar-refractivity contribution in [2.24, 2.45) is 17.8 Å². The van der Waals surface area contributed by atoms with Crippen molar-refractivity contribution in [2.75, 3.05) is 24.7 Å². The number of carbonyl (C=O) groups is 3. The van der Waals surface area contributed by atoms with Gasteiger partial charge in [0.05, 0.1) is 30.4 Å². The van der Waals surface area contributed by atoms with Crippen LogP contribution in [0.3, 0.4) is 0 Å². The molecule has 6 rings (SSSR count). The number of anilines is 2. The molecule has 4 aromatic rings. The van der Waals surface area contributed by atoms with Crippen molar-refractivity contribution in [3.63, 3.8) is 0 Å². The van der Waals surface area contributed by atoms with Crippen LogP contribution >= 0.6 is 0 Å². The number of nitrogen functional groups attached to an aromatic ring is 2. The molecule has 2 aliphatic heterocycles. The molecule has 0 amide bonds. The van der Waals surface area contributed by atoms with Gasteiger partial charge in [0.1, 0.15) is 30.3 Å². The first-order valence-electron chi connectivity index (χ1n) is 17.8. The van der Waals surface area contributed by atoms with Gasteiger partial charge < -0.3 is 50.5 Å². The van der Waals surface area contributed by atoms with Gasteiger partial charge in [0.25, 0.3) is 17.3 Å². The molecule has 4 aromatic heterocycles. The molecule has 0 spiro atoms. The van der Waals surface area contributed by atoms with E-state index in [2.05, 4.69) is 35.8 Å². The summed E-state index contributed by atoms with van der Waals surface area (Å²) in [4.78, 5) is 61.5. The molecule has 0 bridgehead atoms. The lowest BCUT2D eigenvalue weighted by molar-refractivity contribution is -0.226. The van der Waals surface area contributed by atoms with Crippen LogP contribution in [0.1, 0.15) is 54.0 Å². The highest BCUT2D eigenvalue weighted by atomic mass is 19.2. The van der Waals surface area contributed by atoms with Crippen LogP contribution in [0.4, 0.5) is 20.4 Å². The fraction of sp³-hybridized carbons (Fsp3) is 0.528. The summed E-state index contributed by atoms with van der Waals surface area (Å²) in [5, 5.41) is 29.4. The second kappa shape index (κ2) is 16.3. The van der Waals surface area contributed by atoms with Gasteiger partial charge in [-0.15, -0.1) is 12.8 Å². The van der Waals surface area contributed by atoms with Gasteiger partial charge in [0, 0.05) is 0 Å². The van der Waals surface area contributed by atoms with Gasteiger partial charge in [-0.3, -0.25) is 23.5 Å². The summed E-state index contributed by atoms with van der Waals surface area (Å²) >= 11 is 0. The third-order valence-corrected chi connectivity index (χ3v) is 9.25. The summed E-state index contributed by atoms with van der Waals surface area (Å²) in [6.07, 6.45) is 8.33. The normalized spacial score (nSPS) is 28.9. The predicted octanol–water partition coefficient (Wildman–Crippen LogP) is 0.262. The fourth-order valence-corrected chi connectivity index (χ4v) is 5.92. The smallest absolute Gasteiger partial charge is 0.310 e. The van der Waals surface area contributed by atoms with Gasteiger partial charge in [0.15, 0.2) is 48.1 Å². The topological polar surface area (TPSA) is 297 Å². The van der Waals surface area contributed by atoms with Crippen LogP contribution in [0.25, 0.3) is 22.3 Å². The van der Waals surface area contributed by atoms with Crippen LogP contribution in [0.15, 0.2) is 25.3 Å². The number of nitrogens with two attached hydrogens (primary N) is 2. The zero-order valence-corrected chi connectivity index (χ0v) is 32.5. The van der Waals surface area contributed by atoms with E-state index >= 15 is 4.39 Å². The number of nitrogens with zero attached hydrogens (tertiary/aromatic N) is 8. The van der Waals surface area contributed by atoms with Gasteiger partial charge in [-0.25, -0.2) is 38.7 Å². The van der Waals surface area contributed by atoms with Gasteiger partial charge >= 0.3 is 17.9 Å². The van der Waals surface area contributed by atoms with Gasteiger partial charge in [-0.05, 0) is 5.92 Å². The number of aromatic nitrogens is 8. The molecule has 7 N–H and O–H groups in total. The monoisotopic (exact) mass is 828 g/mol. The van der Waals surface area contributed by atoms with Crippen molar-refractivity contribution in [1.82, 2.24) is 39.0 Å². The fourth-order valence-electron chi connectivity index (χ4n) is 5.92. The minimum atomic E-state index is -3.03. The van der Waals surface area contributed by atoms with Crippen molar-refractivity contribution in [3.05, 3.63) is 25.3 Å². The maximum absolute atomic E-state index is 16.7. The Morgan fingerprint density at radius 1 is 0.814 bits per heavy atom. The average molecular weight is 829 g/mol. The number of hydrogen-bond acceptors (Lipinski definition) is 19. The molecule has 316 valence electrons. The number of fused-ring (bicyclic) bond motifs is 2. The number of aliphatic hydroxyl groups is 3. The number of halogens is 2. The van der Waals surface area contributed by atoms with Crippen LogP contribution in [-0.2, 0) is 38.1 Å². The summed E-state index contributed by atoms with van der Waals surface area (Å²) in [6.45, 7) is 7.03. The maximum Gasteiger partial charge on any atom is 0.310 e. The number of aliphatic hydroxyl groups excluding tert-OH is 2. The van der Waals surface area contributed by atoms with Crippen molar-refractivity contribution >= 4 is 51.9 Å². The number of terminal acetylenes is 2. The highest BCUT2D eigenvalue weighted by molar-refractivity contribution is 5.82. The molecule has 0 radical (unpaired) electrons. The molecule has 0 saturated carbocycles. The number of esters is 3. The van der Waals surface area contributed by atoms with Gasteiger partial charge in [-0.2, -0.15) is 0 Å². The second-order valence-corrected chi connectivity index (χ2v) is 14.5. The molecule has 6 heterocycles. The summed E-state index contributed by atoms with van der Waals surface area (Å²) in [5.41, 5.74) is 7.27. The van der Waals surface area contributed by atoms with E-state index in [1.165, 1.54) is 31.1 Å². The van der Waals surface area contributed by atoms with Crippen LogP contribution < -0.4 is 11.5 Å². The number of rotatable bonds is 10. The van der Waals surface area contributed by atoms with Crippen molar-refractivity contribution in [3.8, 4) is 24.7 Å². The first-order valence-corrected chi connectivity index (χ1v) is 17.8. The van der Waals surface area contributed by atoms with E-state index in [0.717, 1.165) is 17.2 Å². The van der Waals surface area contributed by atoms with E-state index in [4.69, 9.17) is 53.1 Å². The second-order valence-electron chi connectivity index (χ2n) is 14.5. The number of hydrogen-bond donors (Lipinski definition) is 5. The molecule has 2 aliphatic rings. The van der Waals surface area contributed by atoms with Crippen molar-refractivity contribution in [2.45, 2.75) is 89.1 Å². The van der Waals surface area contributed by atoms with Gasteiger partial charge in [0.2, 0.25) is 11.7 Å². The first kappa shape index (κ1) is 44.0. The molecular weight excluding hydrogens is 786 g/mol. The standard InChI is InChI=1S/C24H30FN5O7.C12H12FN5O4/c1-8-23(36-20(33)14(6)7)21(35-19(32)13(4)5)24(25,9-34-18(31)12(2)3)37-22(23)30-11-29-15-16(26)27-10-28-17(15)30;1-2-11(21)9(20)12(13,3-19)22-10(11)18-5-17-6-7(14)15-4-16-8(6)18/h1,10-14,21-22H,9H2,2-7H3,(H2,26,27,28);1,4-5,9-10,19-21H,3H2,(H2,14,15,16)/t21-,22+,23+,24+;9-,10+,11+,12+/m00/s1. The SMILES string of the molecule is C#C[C@]1(O)[C@H](n2cnc3c(N)ncnc32)O[C@](F)(CO)[C@H]1O.C#C[C@]1(OC(=O)C(C)C)[C@H](n2cnc3c(N)ncnc32)O[C@](F)(COC(=O)C(C)C)[C@H]1OC(=O)C(C)C. The third-order valence-electron chi connectivity index (χ3n) is 9.25. The van der Waals surface area contributed by atoms with Crippen molar-refractivity contribution in [1.29, 1.82) is 0 Å². The van der Waals surface area contributed by atoms with E-state index in [1.54, 1.807) is 27.7 Å². The number of imidazole rings is 2. The summed E-state index contributed by atoms with van der Waals surface area (Å²) < 4.78 is 60.4. The molecule has 0 aromatic carbocycles. The number of alkyl halides is 2. The Morgan fingerprint density at radius 2 is 1.31 bits per heavy atom. The highest BCUT2D eigenvalue weighted by Crippen LogP contribution is 2.51. The number of carbonyl (C=O) groups excluding carboxylic acids is 3. The van der Waals surface area contributed by atoms with Gasteiger partial charge in [-0.1, -0.05) is 47.5 Å². The zero-order valence-electron chi connectivity index (χ0n) is 32.5. The Morgan fingerprint density at radius 3 is 1.76 bits per heavy atom. The third kappa shape index (κ3) is 7.66. The molecule has 23 heteroatoms. The summed E-state index contributed by atoms with van der Waals surface area (Å²) in [5.74, 6) is -6.08. The lowest BCUT2D eigenvalue weighted by Gasteiger charge is -2.34. The zero-order chi connectivity index (χ0) is 43.8. The van der Waals surface area contributed by atoms with E-state index < -0.39 is 96.5 Å². The Hall–Kier alpha value is -6.11. The van der Waals surface area contributed by atoms with E-state index in [0.29, 0.717) is 0 Å². The summed E-state index contributed by atoms with van der Waals surface area (Å²) in [7, 11) is 0. The molecule has 21 nitrogen and oxygen atoms in total. The average Bonchev–Trinajstić information content (AvgIpc) is 3.94. The van der Waals surface area contributed by atoms with Crippen LogP contribution in [-0.4, -0.2) is 121 Å². The molecule has 0 unspecified atom stereocenters.